The van der Waals surface area contributed by atoms with E-state index in [1.807, 2.05) is 6.92 Å². The van der Waals surface area contributed by atoms with Crippen LogP contribution in [0.2, 0.25) is 10.0 Å². The van der Waals surface area contributed by atoms with E-state index in [1.54, 1.807) is 6.07 Å². The molecular formula is C15H17Cl2NO3. The van der Waals surface area contributed by atoms with Crippen molar-refractivity contribution in [2.24, 2.45) is 5.92 Å². The zero-order chi connectivity index (χ0) is 15.6. The van der Waals surface area contributed by atoms with Crippen molar-refractivity contribution < 1.29 is 14.7 Å². The number of rotatable bonds is 3. The molecule has 0 radical (unpaired) electrons. The van der Waals surface area contributed by atoms with Crippen molar-refractivity contribution in [1.29, 1.82) is 0 Å². The number of carboxylic acid groups (broad SMARTS) is 1. The van der Waals surface area contributed by atoms with E-state index in [1.165, 1.54) is 12.1 Å². The molecule has 0 bridgehead atoms. The van der Waals surface area contributed by atoms with Crippen LogP contribution in [0.4, 0.5) is 0 Å². The minimum absolute atomic E-state index is 0.134. The van der Waals surface area contributed by atoms with E-state index in [-0.39, 0.29) is 16.5 Å². The molecule has 1 saturated carbocycles. The summed E-state index contributed by atoms with van der Waals surface area (Å²) in [4.78, 5) is 24.2. The van der Waals surface area contributed by atoms with Crippen LogP contribution < -0.4 is 5.32 Å². The van der Waals surface area contributed by atoms with Gasteiger partial charge < -0.3 is 10.4 Å². The maximum atomic E-state index is 12.4. The second-order valence-electron chi connectivity index (χ2n) is 5.50. The smallest absolute Gasteiger partial charge is 0.329 e. The standard InChI is InChI=1S/C15H17Cl2NO3/c1-9-4-2-3-7-15(9,14(20)21)18-13(19)11-8-10(16)5-6-12(11)17/h5-6,8-9H,2-4,7H2,1H3,(H,18,19)(H,20,21). The molecule has 0 aromatic heterocycles. The molecule has 21 heavy (non-hydrogen) atoms. The summed E-state index contributed by atoms with van der Waals surface area (Å²) in [7, 11) is 0. The first kappa shape index (κ1) is 16.1. The van der Waals surface area contributed by atoms with Crippen molar-refractivity contribution in [2.75, 3.05) is 0 Å². The van der Waals surface area contributed by atoms with E-state index in [4.69, 9.17) is 23.2 Å². The zero-order valence-electron chi connectivity index (χ0n) is 11.7. The topological polar surface area (TPSA) is 66.4 Å². The van der Waals surface area contributed by atoms with Crippen molar-refractivity contribution in [3.05, 3.63) is 33.8 Å². The summed E-state index contributed by atoms with van der Waals surface area (Å²) in [5.41, 5.74) is -1.04. The minimum Gasteiger partial charge on any atom is -0.479 e. The molecule has 0 heterocycles. The SMILES string of the molecule is CC1CCCCC1(NC(=O)c1cc(Cl)ccc1Cl)C(=O)O. The lowest BCUT2D eigenvalue weighted by atomic mass is 9.73. The first-order valence-corrected chi connectivity index (χ1v) is 7.63. The van der Waals surface area contributed by atoms with Gasteiger partial charge in [-0.15, -0.1) is 0 Å². The van der Waals surface area contributed by atoms with Crippen molar-refractivity contribution in [1.82, 2.24) is 5.32 Å². The Morgan fingerprint density at radius 1 is 1.33 bits per heavy atom. The average molecular weight is 330 g/mol. The summed E-state index contributed by atoms with van der Waals surface area (Å²) in [6.45, 7) is 1.85. The molecule has 0 saturated heterocycles. The Kier molecular flexibility index (Phi) is 4.79. The average Bonchev–Trinajstić information content (AvgIpc) is 2.43. The fraction of sp³-hybridized carbons (Fsp3) is 0.467. The van der Waals surface area contributed by atoms with E-state index in [9.17, 15) is 14.7 Å². The molecule has 1 aromatic carbocycles. The van der Waals surface area contributed by atoms with E-state index in [0.717, 1.165) is 19.3 Å². The third-order valence-corrected chi connectivity index (χ3v) is 4.76. The molecule has 1 aromatic rings. The van der Waals surface area contributed by atoms with Gasteiger partial charge in [-0.25, -0.2) is 4.79 Å². The van der Waals surface area contributed by atoms with E-state index in [0.29, 0.717) is 11.4 Å². The van der Waals surface area contributed by atoms with Crippen LogP contribution in [0.15, 0.2) is 18.2 Å². The van der Waals surface area contributed by atoms with E-state index in [2.05, 4.69) is 5.32 Å². The summed E-state index contributed by atoms with van der Waals surface area (Å²) < 4.78 is 0. The zero-order valence-corrected chi connectivity index (χ0v) is 13.2. The van der Waals surface area contributed by atoms with Crippen LogP contribution in [-0.2, 0) is 4.79 Å². The number of carboxylic acids is 1. The summed E-state index contributed by atoms with van der Waals surface area (Å²) in [6, 6.07) is 4.55. The van der Waals surface area contributed by atoms with Crippen molar-refractivity contribution >= 4 is 35.1 Å². The molecule has 0 spiro atoms. The maximum Gasteiger partial charge on any atom is 0.329 e. The number of carbonyl (C=O) groups excluding carboxylic acids is 1. The fourth-order valence-corrected chi connectivity index (χ4v) is 3.22. The van der Waals surface area contributed by atoms with Gasteiger partial charge in [-0.1, -0.05) is 43.0 Å². The third-order valence-electron chi connectivity index (χ3n) is 4.19. The van der Waals surface area contributed by atoms with Crippen LogP contribution in [0.1, 0.15) is 43.0 Å². The Hall–Kier alpha value is -1.26. The van der Waals surface area contributed by atoms with Gasteiger partial charge in [-0.2, -0.15) is 0 Å². The molecule has 114 valence electrons. The van der Waals surface area contributed by atoms with Gasteiger partial charge in [-0.05, 0) is 37.0 Å². The third kappa shape index (κ3) is 3.16. The van der Waals surface area contributed by atoms with Crippen molar-refractivity contribution in [3.8, 4) is 0 Å². The normalized spacial score (nSPS) is 25.4. The van der Waals surface area contributed by atoms with Crippen molar-refractivity contribution in [3.63, 3.8) is 0 Å². The molecule has 1 aliphatic rings. The Bertz CT molecular complexity index is 576. The summed E-state index contributed by atoms with van der Waals surface area (Å²) >= 11 is 11.9. The second-order valence-corrected chi connectivity index (χ2v) is 6.35. The van der Waals surface area contributed by atoms with Crippen LogP contribution >= 0.6 is 23.2 Å². The molecule has 0 aliphatic heterocycles. The van der Waals surface area contributed by atoms with Gasteiger partial charge in [0.15, 0.2) is 0 Å². The second kappa shape index (κ2) is 6.24. The highest BCUT2D eigenvalue weighted by Crippen LogP contribution is 2.34. The largest absolute Gasteiger partial charge is 0.479 e. The lowest BCUT2D eigenvalue weighted by molar-refractivity contribution is -0.148. The fourth-order valence-electron chi connectivity index (χ4n) is 2.85. The number of carbonyl (C=O) groups is 2. The monoisotopic (exact) mass is 329 g/mol. The highest BCUT2D eigenvalue weighted by Gasteiger charge is 2.46. The van der Waals surface area contributed by atoms with Crippen LogP contribution in [0.3, 0.4) is 0 Å². The first-order valence-electron chi connectivity index (χ1n) is 6.88. The van der Waals surface area contributed by atoms with Gasteiger partial charge in [0.1, 0.15) is 5.54 Å². The number of amides is 1. The van der Waals surface area contributed by atoms with Gasteiger partial charge in [0.05, 0.1) is 10.6 Å². The lowest BCUT2D eigenvalue weighted by Gasteiger charge is -2.39. The van der Waals surface area contributed by atoms with Gasteiger partial charge in [0, 0.05) is 5.02 Å². The minimum atomic E-state index is -1.24. The number of halogens is 2. The Labute approximate surface area is 133 Å². The molecule has 2 N–H and O–H groups in total. The number of nitrogens with one attached hydrogen (secondary N) is 1. The Morgan fingerprint density at radius 2 is 2.05 bits per heavy atom. The van der Waals surface area contributed by atoms with Crippen LogP contribution in [0.5, 0.6) is 0 Å². The number of benzene rings is 1. The predicted octanol–water partition coefficient (Wildman–Crippen LogP) is 3.76. The van der Waals surface area contributed by atoms with E-state index < -0.39 is 17.4 Å². The molecule has 2 atom stereocenters. The van der Waals surface area contributed by atoms with Crippen LogP contribution in [0.25, 0.3) is 0 Å². The molecule has 1 fully saturated rings. The van der Waals surface area contributed by atoms with Gasteiger partial charge in [-0.3, -0.25) is 4.79 Å². The Balaban J connectivity index is 2.31. The maximum absolute atomic E-state index is 12.4. The summed E-state index contributed by atoms with van der Waals surface area (Å²) in [5, 5.41) is 12.9. The van der Waals surface area contributed by atoms with Gasteiger partial charge in [0.25, 0.3) is 5.91 Å². The molecule has 4 nitrogen and oxygen atoms in total. The highest BCUT2D eigenvalue weighted by atomic mass is 35.5. The molecule has 1 aliphatic carbocycles. The van der Waals surface area contributed by atoms with Crippen molar-refractivity contribution in [2.45, 2.75) is 38.1 Å². The van der Waals surface area contributed by atoms with Crippen LogP contribution in [0, 0.1) is 5.92 Å². The molecule has 1 amide bonds. The molecule has 6 heteroatoms. The van der Waals surface area contributed by atoms with Gasteiger partial charge in [0.2, 0.25) is 0 Å². The summed E-state index contributed by atoms with van der Waals surface area (Å²) in [6.07, 6.45) is 2.95. The molecule has 2 unspecified atom stereocenters. The Morgan fingerprint density at radius 3 is 2.67 bits per heavy atom. The molecular weight excluding hydrogens is 313 g/mol. The quantitative estimate of drug-likeness (QED) is 0.887. The summed E-state index contributed by atoms with van der Waals surface area (Å²) in [5.74, 6) is -1.63. The van der Waals surface area contributed by atoms with E-state index >= 15 is 0 Å². The van der Waals surface area contributed by atoms with Crippen LogP contribution in [-0.4, -0.2) is 22.5 Å². The predicted molar refractivity (Wildman–Crippen MR) is 81.9 cm³/mol. The number of aliphatic carboxylic acids is 1. The number of hydrogen-bond acceptors (Lipinski definition) is 2. The molecule has 2 rings (SSSR count). The highest BCUT2D eigenvalue weighted by molar-refractivity contribution is 6.35. The van der Waals surface area contributed by atoms with Gasteiger partial charge >= 0.3 is 5.97 Å². The first-order chi connectivity index (χ1) is 9.86. The lowest BCUT2D eigenvalue weighted by Crippen LogP contribution is -2.60. The number of hydrogen-bond donors (Lipinski definition) is 2.